The first-order valence-corrected chi connectivity index (χ1v) is 16.6. The van der Waals surface area contributed by atoms with E-state index in [9.17, 15) is 19.1 Å². The highest BCUT2D eigenvalue weighted by molar-refractivity contribution is 7.23. The number of hydrogen-bond acceptors (Lipinski definition) is 11. The summed E-state index contributed by atoms with van der Waals surface area (Å²) in [5.74, 6) is -1.51. The van der Waals surface area contributed by atoms with E-state index in [0.29, 0.717) is 38.4 Å². The van der Waals surface area contributed by atoms with Crippen molar-refractivity contribution in [1.29, 1.82) is 5.26 Å². The number of amidine groups is 1. The summed E-state index contributed by atoms with van der Waals surface area (Å²) >= 11 is 7.92. The molecule has 3 aromatic rings. The predicted octanol–water partition coefficient (Wildman–Crippen LogP) is 5.32. The van der Waals surface area contributed by atoms with E-state index in [0.717, 1.165) is 30.7 Å². The molecule has 0 amide bonds. The number of aliphatic imine (C=N–C) groups is 1. The van der Waals surface area contributed by atoms with Gasteiger partial charge in [-0.1, -0.05) is 17.7 Å². The lowest BCUT2D eigenvalue weighted by molar-refractivity contribution is 0.0256. The highest BCUT2D eigenvalue weighted by Crippen LogP contribution is 2.51. The van der Waals surface area contributed by atoms with E-state index in [2.05, 4.69) is 10.2 Å². The first-order valence-electron chi connectivity index (χ1n) is 15.4. The van der Waals surface area contributed by atoms with Crippen LogP contribution in [0, 0.1) is 23.0 Å². The molecular formula is C32H30ClF3N6O4S. The zero-order valence-corrected chi connectivity index (χ0v) is 26.6. The molecule has 3 fully saturated rings. The Morgan fingerprint density at radius 2 is 2.17 bits per heavy atom. The number of nitrogens with two attached hydrogens (primary N) is 1. The predicted molar refractivity (Wildman–Crippen MR) is 171 cm³/mol. The number of benzene rings is 2. The number of alkyl halides is 1. The van der Waals surface area contributed by atoms with E-state index in [1.807, 2.05) is 6.07 Å². The lowest BCUT2D eigenvalue weighted by Crippen LogP contribution is -2.43. The molecule has 2 aromatic carbocycles. The van der Waals surface area contributed by atoms with Crippen LogP contribution in [-0.4, -0.2) is 84.2 Å². The van der Waals surface area contributed by atoms with Crippen LogP contribution in [0.25, 0.3) is 21.2 Å². The summed E-state index contributed by atoms with van der Waals surface area (Å²) < 4.78 is 65.2. The molecule has 4 N–H and O–H groups in total. The number of thiophene rings is 1. The second-order valence-corrected chi connectivity index (χ2v) is 13.9. The van der Waals surface area contributed by atoms with Crippen molar-refractivity contribution in [3.8, 4) is 22.9 Å². The zero-order chi connectivity index (χ0) is 32.6. The Hall–Kier alpha value is -3.74. The molecule has 47 heavy (non-hydrogen) atoms. The van der Waals surface area contributed by atoms with E-state index in [1.165, 1.54) is 12.1 Å². The molecular weight excluding hydrogens is 657 g/mol. The number of anilines is 2. The van der Waals surface area contributed by atoms with Crippen LogP contribution in [0.15, 0.2) is 29.3 Å². The summed E-state index contributed by atoms with van der Waals surface area (Å²) in [4.78, 5) is 8.64. The molecule has 1 aromatic heterocycles. The monoisotopic (exact) mass is 686 g/mol. The number of nitrogens with one attached hydrogen (secondary N) is 1. The third-order valence-electron chi connectivity index (χ3n) is 9.75. The minimum atomic E-state index is -0.966. The highest BCUT2D eigenvalue weighted by Gasteiger charge is 2.50. The second-order valence-electron chi connectivity index (χ2n) is 12.5. The fraction of sp³-hybridized carbons (Fsp3) is 0.438. The Kier molecular flexibility index (Phi) is 7.45. The van der Waals surface area contributed by atoms with Crippen molar-refractivity contribution in [3.05, 3.63) is 52.1 Å². The maximum Gasteiger partial charge on any atom is 0.302 e. The van der Waals surface area contributed by atoms with Crippen molar-refractivity contribution in [2.75, 3.05) is 50.6 Å². The molecule has 5 aliphatic heterocycles. The lowest BCUT2D eigenvalue weighted by Gasteiger charge is -2.33. The number of rotatable bonds is 6. The molecule has 8 rings (SSSR count). The van der Waals surface area contributed by atoms with Gasteiger partial charge in [-0.2, -0.15) is 5.26 Å². The summed E-state index contributed by atoms with van der Waals surface area (Å²) in [7, 11) is 0. The molecule has 3 saturated heterocycles. The van der Waals surface area contributed by atoms with Gasteiger partial charge >= 0.3 is 5.95 Å². The summed E-state index contributed by atoms with van der Waals surface area (Å²) in [6.07, 6.45) is 2.42. The van der Waals surface area contributed by atoms with Gasteiger partial charge in [-0.3, -0.25) is 4.90 Å². The number of nitrogens with zero attached hydrogens (tertiary/aromatic N) is 4. The number of fused-ring (bicyclic) bond motifs is 2. The van der Waals surface area contributed by atoms with Crippen LogP contribution in [0.5, 0.6) is 5.75 Å². The van der Waals surface area contributed by atoms with E-state index < -0.39 is 36.1 Å². The van der Waals surface area contributed by atoms with Gasteiger partial charge in [0.25, 0.3) is 0 Å². The van der Waals surface area contributed by atoms with Crippen LogP contribution >= 0.6 is 22.9 Å². The van der Waals surface area contributed by atoms with Crippen molar-refractivity contribution < 1.29 is 32.5 Å². The van der Waals surface area contributed by atoms with E-state index >= 15 is 4.39 Å². The van der Waals surface area contributed by atoms with Gasteiger partial charge in [0.2, 0.25) is 0 Å². The second kappa shape index (κ2) is 11.5. The van der Waals surface area contributed by atoms with Crippen LogP contribution in [0.2, 0.25) is 5.02 Å². The Bertz CT molecular complexity index is 1910. The number of halogens is 4. The Morgan fingerprint density at radius 1 is 1.32 bits per heavy atom. The summed E-state index contributed by atoms with van der Waals surface area (Å²) in [5, 5.41) is 23.4. The minimum Gasteiger partial charge on any atom is -0.462 e. The lowest BCUT2D eigenvalue weighted by atomic mass is 9.94. The number of nitrogen functional groups attached to an aromatic ring is 1. The quantitative estimate of drug-likeness (QED) is 0.316. The van der Waals surface area contributed by atoms with E-state index in [4.69, 9.17) is 36.5 Å². The van der Waals surface area contributed by atoms with E-state index in [1.54, 1.807) is 11.1 Å². The van der Waals surface area contributed by atoms with Crippen molar-refractivity contribution in [2.45, 2.75) is 49.6 Å². The molecule has 5 aliphatic rings. The maximum absolute atomic E-state index is 17.2. The SMILES string of the molecule is N#Cc1c(N)sc2c(F)ccc(-c3c(F)c4c5c(c3Cl)NC(CO)N=C5N(C3CCOC3)C=C(OC[C@@]35CCCN3C[C@H](F)C5)O4)c12. The van der Waals surface area contributed by atoms with Crippen molar-refractivity contribution >= 4 is 49.5 Å². The summed E-state index contributed by atoms with van der Waals surface area (Å²) in [6.45, 7) is 1.67. The molecule has 15 heteroatoms. The van der Waals surface area contributed by atoms with Gasteiger partial charge in [0, 0.05) is 30.5 Å². The van der Waals surface area contributed by atoms with Crippen LogP contribution in [-0.2, 0) is 9.47 Å². The number of aliphatic hydroxyl groups is 1. The van der Waals surface area contributed by atoms with Crippen LogP contribution in [0.1, 0.15) is 36.8 Å². The molecule has 0 spiro atoms. The number of nitriles is 1. The normalized spacial score (nSPS) is 26.6. The molecule has 0 saturated carbocycles. The fourth-order valence-corrected chi connectivity index (χ4v) is 8.88. The smallest absolute Gasteiger partial charge is 0.302 e. The Morgan fingerprint density at radius 3 is 2.94 bits per heavy atom. The number of hydrogen-bond donors (Lipinski definition) is 3. The van der Waals surface area contributed by atoms with Crippen LogP contribution in [0.4, 0.5) is 23.9 Å². The van der Waals surface area contributed by atoms with Gasteiger partial charge in [0.05, 0.1) is 57.5 Å². The molecule has 10 nitrogen and oxygen atoms in total. The molecule has 6 heterocycles. The van der Waals surface area contributed by atoms with E-state index in [-0.39, 0.29) is 72.4 Å². The van der Waals surface area contributed by atoms with Gasteiger partial charge in [0.1, 0.15) is 41.7 Å². The topological polar surface area (TPSA) is 129 Å². The molecule has 4 atom stereocenters. The van der Waals surface area contributed by atoms with Crippen molar-refractivity contribution in [1.82, 2.24) is 9.80 Å². The third-order valence-corrected chi connectivity index (χ3v) is 11.2. The Balaban J connectivity index is 1.32. The van der Waals surface area contributed by atoms with Crippen LogP contribution < -0.4 is 15.8 Å². The number of ether oxygens (including phenoxy) is 3. The third kappa shape index (κ3) is 4.74. The molecule has 246 valence electrons. The highest BCUT2D eigenvalue weighted by atomic mass is 35.5. The Labute approximate surface area is 276 Å². The minimum absolute atomic E-state index is 0.00217. The zero-order valence-electron chi connectivity index (χ0n) is 25.0. The van der Waals surface area contributed by atoms with Gasteiger partial charge in [0.15, 0.2) is 11.6 Å². The molecule has 0 radical (unpaired) electrons. The first kappa shape index (κ1) is 30.6. The van der Waals surface area contributed by atoms with Gasteiger partial charge in [-0.25, -0.2) is 18.2 Å². The molecule has 2 unspecified atom stereocenters. The number of aliphatic hydroxyl groups excluding tert-OH is 1. The van der Waals surface area contributed by atoms with Crippen LogP contribution in [0.3, 0.4) is 0 Å². The van der Waals surface area contributed by atoms with Crippen molar-refractivity contribution in [3.63, 3.8) is 0 Å². The summed E-state index contributed by atoms with van der Waals surface area (Å²) in [5.41, 5.74) is 6.01. The van der Waals surface area contributed by atoms with Crippen molar-refractivity contribution in [2.24, 2.45) is 4.99 Å². The maximum atomic E-state index is 17.2. The average Bonchev–Trinajstić information content (AvgIpc) is 3.83. The average molecular weight is 687 g/mol. The molecule has 0 bridgehead atoms. The molecule has 0 aliphatic carbocycles. The van der Waals surface area contributed by atoms with Gasteiger partial charge < -0.3 is 35.3 Å². The standard InChI is InChI=1S/C32H30ClF3N6O4S/c33-25-23(17-2-3-19(35)29-22(17)18(9-37)30(38)47-29)26(36)28-24-27(25)39-20(12-43)40-31(24)42(16-4-7-44-13-16)11-21(46-28)45-14-32-5-1-6-41(32)10-15(34)8-32/h2-3,11,15-16,20,39,43H,1,4-8,10,12-14,38H2/t15-,16?,20?,32+/m1/s1. The fourth-order valence-electron chi connectivity index (χ4n) is 7.59. The first-order chi connectivity index (χ1) is 22.7. The summed E-state index contributed by atoms with van der Waals surface area (Å²) in [6, 6.07) is 4.31. The van der Waals surface area contributed by atoms with Gasteiger partial charge in [-0.05, 0) is 37.4 Å². The van der Waals surface area contributed by atoms with Gasteiger partial charge in [-0.15, -0.1) is 11.3 Å². The largest absolute Gasteiger partial charge is 0.462 e.